The summed E-state index contributed by atoms with van der Waals surface area (Å²) in [5, 5.41) is 37.6. The Morgan fingerprint density at radius 2 is 0.716 bits per heavy atom. The highest BCUT2D eigenvalue weighted by Crippen LogP contribution is 1.84. The van der Waals surface area contributed by atoms with E-state index < -0.39 is 0 Å². The Kier molecular flexibility index (Phi) is 272. The minimum absolute atomic E-state index is 0.157. The van der Waals surface area contributed by atoms with E-state index in [1.807, 2.05) is 304 Å². The highest BCUT2D eigenvalue weighted by molar-refractivity contribution is 7.03. The summed E-state index contributed by atoms with van der Waals surface area (Å²) < 4.78 is 9.03. The van der Waals surface area contributed by atoms with Gasteiger partial charge in [-0.1, -0.05) is 260 Å². The number of pyridine rings is 1. The Labute approximate surface area is 634 Å². The van der Waals surface area contributed by atoms with Crippen molar-refractivity contribution in [3.63, 3.8) is 0 Å². The van der Waals surface area contributed by atoms with Gasteiger partial charge in [0.15, 0.2) is 5.82 Å². The minimum atomic E-state index is -0.157. The predicted molar refractivity (Wildman–Crippen MR) is 446 cm³/mol. The Morgan fingerprint density at radius 3 is 0.824 bits per heavy atom. The molecule has 11 rings (SSSR count). The summed E-state index contributed by atoms with van der Waals surface area (Å²) in [7, 11) is 3.65. The zero-order valence-corrected chi connectivity index (χ0v) is 73.4. The second-order valence-corrected chi connectivity index (χ2v) is 11.6. The van der Waals surface area contributed by atoms with Crippen LogP contribution < -0.4 is 0 Å². The van der Waals surface area contributed by atoms with E-state index in [9.17, 15) is 4.79 Å². The number of aromatic nitrogens is 24. The van der Waals surface area contributed by atoms with E-state index in [1.165, 1.54) is 84.3 Å². The number of carbonyl (C=O) groups excluding carboxylic acids is 1. The summed E-state index contributed by atoms with van der Waals surface area (Å²) in [5.41, 5.74) is 1.68. The van der Waals surface area contributed by atoms with Crippen LogP contribution in [0.4, 0.5) is 0 Å². The molecule has 0 aliphatic carbocycles. The second-order valence-electron chi connectivity index (χ2n) is 10.3. The molecule has 1 amide bonds. The van der Waals surface area contributed by atoms with Crippen molar-refractivity contribution in [3.05, 3.63) is 196 Å². The Morgan fingerprint density at radius 1 is 0.333 bits per heavy atom. The summed E-state index contributed by atoms with van der Waals surface area (Å²) in [6.07, 6.45) is 36.4. The van der Waals surface area contributed by atoms with Gasteiger partial charge in [0.25, 0.3) is 5.91 Å². The van der Waals surface area contributed by atoms with Crippen LogP contribution in [-0.2, 0) is 18.9 Å². The van der Waals surface area contributed by atoms with Crippen LogP contribution in [0.3, 0.4) is 0 Å². The number of carbonyl (C=O) groups is 1. The summed E-state index contributed by atoms with van der Waals surface area (Å²) >= 11 is 2.70. The van der Waals surface area contributed by atoms with E-state index >= 15 is 0 Å². The smallest absolute Gasteiger partial charge is 0.269 e. The normalized spacial score (nSPS) is 6.96. The molecule has 0 spiro atoms. The molecule has 1 aliphatic rings. The molecule has 1 aliphatic heterocycles. The van der Waals surface area contributed by atoms with Gasteiger partial charge in [-0.3, -0.25) is 19.7 Å². The lowest BCUT2D eigenvalue weighted by atomic mass is 10.5. The molecule has 590 valence electrons. The average Bonchev–Trinajstić information content (AvgIpc) is 2.57. The quantitative estimate of drug-likeness (QED) is 0.136. The van der Waals surface area contributed by atoms with Gasteiger partial charge >= 0.3 is 0 Å². The zero-order chi connectivity index (χ0) is 83.5. The first-order valence-corrected chi connectivity index (χ1v) is 37.9. The van der Waals surface area contributed by atoms with E-state index in [0.717, 1.165) is 5.82 Å². The van der Waals surface area contributed by atoms with E-state index in [4.69, 9.17) is 0 Å². The topological polar surface area (TPSA) is 323 Å². The molecule has 0 unspecified atom stereocenters. The van der Waals surface area contributed by atoms with Gasteiger partial charge in [0.1, 0.15) is 55.6 Å². The summed E-state index contributed by atoms with van der Waals surface area (Å²) in [5.74, 6) is 1.50. The van der Waals surface area contributed by atoms with Crippen LogP contribution in [-0.4, -0.2) is 131 Å². The van der Waals surface area contributed by atoms with Crippen molar-refractivity contribution >= 4 is 35.2 Å². The number of tetrazole rings is 1. The largest absolute Gasteiger partial charge is 0.321 e. The summed E-state index contributed by atoms with van der Waals surface area (Å²) in [4.78, 5) is 51.2. The van der Waals surface area contributed by atoms with Crippen molar-refractivity contribution in [2.24, 2.45) is 19.1 Å². The number of amides is 1. The predicted octanol–water partition coefficient (Wildman–Crippen LogP) is 21.6. The molecule has 0 atom stereocenters. The third-order valence-electron chi connectivity index (χ3n) is 5.45. The van der Waals surface area contributed by atoms with Gasteiger partial charge in [-0.15, -0.1) is 30.6 Å². The zero-order valence-electron chi connectivity index (χ0n) is 71.8. The van der Waals surface area contributed by atoms with Crippen LogP contribution in [0, 0.1) is 13.8 Å². The number of hydrogen-bond acceptors (Lipinski definition) is 25. The van der Waals surface area contributed by atoms with Crippen molar-refractivity contribution < 1.29 is 4.79 Å². The first-order chi connectivity index (χ1) is 50.5. The van der Waals surface area contributed by atoms with Gasteiger partial charge in [-0.25, -0.2) is 39.9 Å². The molecule has 10 aromatic rings. The van der Waals surface area contributed by atoms with Crippen molar-refractivity contribution in [2.45, 2.75) is 263 Å². The number of allylic oxidation sites excluding steroid dienone is 1. The first-order valence-electron chi connectivity index (χ1n) is 36.2. The molecule has 26 nitrogen and oxygen atoms in total. The van der Waals surface area contributed by atoms with E-state index in [1.54, 1.807) is 112 Å². The number of aliphatic imine (C=N–C) groups is 1. The van der Waals surface area contributed by atoms with E-state index in [2.05, 4.69) is 115 Å². The molecule has 0 fully saturated rings. The van der Waals surface area contributed by atoms with Crippen molar-refractivity contribution in [1.82, 2.24) is 119 Å². The van der Waals surface area contributed by atoms with Gasteiger partial charge in [0, 0.05) is 92.9 Å². The van der Waals surface area contributed by atoms with Crippen molar-refractivity contribution in [2.75, 3.05) is 0 Å². The maximum absolute atomic E-state index is 9.96. The van der Waals surface area contributed by atoms with Gasteiger partial charge in [-0.2, -0.15) is 24.5 Å². The molecule has 0 radical (unpaired) electrons. The third kappa shape index (κ3) is 186. The fourth-order valence-electron chi connectivity index (χ4n) is 2.76. The first kappa shape index (κ1) is 140. The third-order valence-corrected chi connectivity index (χ3v) is 6.31. The standard InChI is InChI=1S/C5H5N.C4H7N3.3C4H4N2.C4H3NO.C3H6N4.2C3H3N3.2C2H2N2S.18C2H6/c1-2-4-6-5-3-1;1-4-6-5-3-7(4)2;1-2-6-4-3-5-1;1-2-5-4-6-3-1;1-2-4-6-5-3-1;6-4-2-1-3-5-4;1-3-4-6-7(2)5-3;1-4-2-6-3-5-1;1-2-5-6-3-4-1;1-3-2-5-4-1;1-2-5-4-3-1;18*1-2/h1-5H;3H,1-2H3;3*1-4H;1-3H;1-2H3;2*1-3H;2*1-2H;18*1-2H3. The lowest BCUT2D eigenvalue weighted by Gasteiger charge is -1.84. The number of hydrogen-bond donors (Lipinski definition) is 0. The molecule has 10 aromatic heterocycles. The van der Waals surface area contributed by atoms with Gasteiger partial charge in [0.2, 0.25) is 0 Å². The fraction of sp³-hybridized carbons (Fsp3) is 0.541. The second kappa shape index (κ2) is 198. The lowest BCUT2D eigenvalue weighted by molar-refractivity contribution is -0.113. The molecule has 0 saturated carbocycles. The van der Waals surface area contributed by atoms with Crippen LogP contribution in [0.5, 0.6) is 0 Å². The minimum Gasteiger partial charge on any atom is -0.321 e. The molecule has 0 bridgehead atoms. The van der Waals surface area contributed by atoms with Gasteiger partial charge < -0.3 is 4.57 Å². The lowest BCUT2D eigenvalue weighted by Crippen LogP contribution is -1.91. The van der Waals surface area contributed by atoms with Crippen LogP contribution in [0.2, 0.25) is 0 Å². The fourth-order valence-corrected chi connectivity index (χ4v) is 3.30. The highest BCUT2D eigenvalue weighted by Gasteiger charge is 1.90. The van der Waals surface area contributed by atoms with Gasteiger partial charge in [0.05, 0.1) is 19.4 Å². The monoisotopic (exact) mass is 1470 g/mol. The van der Waals surface area contributed by atoms with Crippen molar-refractivity contribution in [1.29, 1.82) is 0 Å². The molecule has 0 saturated heterocycles. The molecular weight excluding hydrogens is 1320 g/mol. The molecule has 0 aromatic carbocycles. The highest BCUT2D eigenvalue weighted by atomic mass is 32.1. The maximum atomic E-state index is 9.96. The molecule has 11 heterocycles. The summed E-state index contributed by atoms with van der Waals surface area (Å²) in [6, 6.07) is 11.1. The molecule has 102 heavy (non-hydrogen) atoms. The summed E-state index contributed by atoms with van der Waals surface area (Å²) in [6.45, 7) is 75.7. The van der Waals surface area contributed by atoms with Crippen LogP contribution in [0.1, 0.15) is 261 Å². The van der Waals surface area contributed by atoms with Crippen LogP contribution >= 0.6 is 23.1 Å². The van der Waals surface area contributed by atoms with E-state index in [-0.39, 0.29) is 5.91 Å². The number of nitrogens with zero attached hydrogens (tertiary/aromatic N) is 25. The average molecular weight is 1470 g/mol. The number of rotatable bonds is 0. The Hall–Kier alpha value is -9.18. The molecule has 0 N–H and O–H groups in total. The van der Waals surface area contributed by atoms with Crippen LogP contribution in [0.15, 0.2) is 189 Å². The molecular formula is C74H151N25OS2. The van der Waals surface area contributed by atoms with Crippen molar-refractivity contribution in [3.8, 4) is 0 Å². The number of aryl methyl sites for hydroxylation is 4. The Balaban J connectivity index is -0.0000000456. The SMILES string of the molecule is CC.CC.CC.CC.CC.CC.CC.CC.CC.CC.CC.CC.CC.CC.CC.CC.CC.CC.Cc1nncn1C.Cc1nnn(C)n1.O=C1C=CC=N1.c1ccncc1.c1ccnnc1.c1cnccn1.c1cncnc1.c1cnncn1.c1csnn1.c1ncncn1.c1ncsn1. The van der Waals surface area contributed by atoms with Gasteiger partial charge in [-0.05, 0) is 78.5 Å². The maximum Gasteiger partial charge on any atom is 0.269 e. The molecule has 28 heteroatoms. The van der Waals surface area contributed by atoms with Crippen LogP contribution in [0.25, 0.3) is 0 Å². The van der Waals surface area contributed by atoms with E-state index in [0.29, 0.717) is 5.82 Å². The Bertz CT molecular complexity index is 1950.